The molecule has 0 unspecified atom stereocenters. The van der Waals surface area contributed by atoms with Gasteiger partial charge in [-0.2, -0.15) is 5.10 Å². The third-order valence-electron chi connectivity index (χ3n) is 4.36. The molecule has 0 spiro atoms. The number of ether oxygens (including phenoxy) is 1. The van der Waals surface area contributed by atoms with Gasteiger partial charge in [0.05, 0.1) is 6.21 Å². The summed E-state index contributed by atoms with van der Waals surface area (Å²) in [6.45, 7) is 2.69. The number of rotatable bonds is 12. The average Bonchev–Trinajstić information content (AvgIpc) is 2.71. The number of hydrogen-bond acceptors (Lipinski definition) is 3. The summed E-state index contributed by atoms with van der Waals surface area (Å²) in [5, 5.41) is 4.74. The van der Waals surface area contributed by atoms with Crippen molar-refractivity contribution in [2.24, 2.45) is 5.10 Å². The molecule has 1 N–H and O–H groups in total. The number of hydrogen-bond donors (Lipinski definition) is 1. The van der Waals surface area contributed by atoms with Gasteiger partial charge >= 0.3 is 0 Å². The van der Waals surface area contributed by atoms with Crippen LogP contribution in [0.5, 0.6) is 5.75 Å². The maximum atomic E-state index is 11.8. The van der Waals surface area contributed by atoms with E-state index in [4.69, 9.17) is 16.3 Å². The zero-order valence-corrected chi connectivity index (χ0v) is 17.3. The Morgan fingerprint density at radius 3 is 2.39 bits per heavy atom. The fraction of sp³-hybridized carbons (Fsp3) is 0.391. The molecule has 4 nitrogen and oxygen atoms in total. The molecule has 2 aromatic carbocycles. The van der Waals surface area contributed by atoms with Crippen molar-refractivity contribution in [2.75, 3.05) is 0 Å². The zero-order chi connectivity index (χ0) is 20.0. The van der Waals surface area contributed by atoms with Gasteiger partial charge in [-0.1, -0.05) is 62.8 Å². The predicted molar refractivity (Wildman–Crippen MR) is 116 cm³/mol. The van der Waals surface area contributed by atoms with Crippen LogP contribution in [0.2, 0.25) is 5.02 Å². The van der Waals surface area contributed by atoms with E-state index in [1.807, 2.05) is 48.5 Å². The van der Waals surface area contributed by atoms with Gasteiger partial charge in [0, 0.05) is 11.4 Å². The van der Waals surface area contributed by atoms with E-state index in [9.17, 15) is 4.79 Å². The van der Waals surface area contributed by atoms with Crippen molar-refractivity contribution in [1.82, 2.24) is 5.43 Å². The Bertz CT molecular complexity index is 727. The van der Waals surface area contributed by atoms with E-state index in [0.717, 1.165) is 29.7 Å². The number of carbonyl (C=O) groups excluding carboxylic acids is 1. The molecule has 0 aliphatic rings. The third kappa shape index (κ3) is 9.05. The van der Waals surface area contributed by atoms with Gasteiger partial charge in [0.25, 0.3) is 0 Å². The summed E-state index contributed by atoms with van der Waals surface area (Å²) < 4.78 is 5.75. The second kappa shape index (κ2) is 12.9. The summed E-state index contributed by atoms with van der Waals surface area (Å²) in [5.41, 5.74) is 4.55. The summed E-state index contributed by atoms with van der Waals surface area (Å²) >= 11 is 5.88. The van der Waals surface area contributed by atoms with Gasteiger partial charge in [-0.15, -0.1) is 0 Å². The highest BCUT2D eigenvalue weighted by molar-refractivity contribution is 6.30. The van der Waals surface area contributed by atoms with Crippen molar-refractivity contribution in [1.29, 1.82) is 0 Å². The summed E-state index contributed by atoms with van der Waals surface area (Å²) in [6, 6.07) is 15.2. The first-order valence-electron chi connectivity index (χ1n) is 9.96. The van der Waals surface area contributed by atoms with Crippen LogP contribution in [-0.2, 0) is 11.4 Å². The SMILES string of the molecule is CCCCCCCCC(=O)N/N=C\c1ccc(OCc2ccc(Cl)cc2)cc1. The first kappa shape index (κ1) is 22.0. The van der Waals surface area contributed by atoms with Crippen LogP contribution in [0.25, 0.3) is 0 Å². The molecule has 0 radical (unpaired) electrons. The summed E-state index contributed by atoms with van der Waals surface area (Å²) in [4.78, 5) is 11.8. The summed E-state index contributed by atoms with van der Waals surface area (Å²) in [6.07, 6.45) is 9.18. The maximum absolute atomic E-state index is 11.8. The Hall–Kier alpha value is -2.33. The minimum Gasteiger partial charge on any atom is -0.489 e. The van der Waals surface area contributed by atoms with E-state index >= 15 is 0 Å². The van der Waals surface area contributed by atoms with Crippen molar-refractivity contribution in [3.8, 4) is 5.75 Å². The molecule has 5 heteroatoms. The van der Waals surface area contributed by atoms with Gasteiger partial charge in [-0.25, -0.2) is 5.43 Å². The Morgan fingerprint density at radius 2 is 1.68 bits per heavy atom. The maximum Gasteiger partial charge on any atom is 0.240 e. The van der Waals surface area contributed by atoms with Crippen LogP contribution in [0, 0.1) is 0 Å². The van der Waals surface area contributed by atoms with Crippen LogP contribution in [0.3, 0.4) is 0 Å². The number of halogens is 1. The molecule has 0 heterocycles. The normalized spacial score (nSPS) is 10.9. The molecule has 1 amide bonds. The molecule has 0 aliphatic heterocycles. The van der Waals surface area contributed by atoms with E-state index in [0.29, 0.717) is 18.1 Å². The van der Waals surface area contributed by atoms with E-state index in [1.54, 1.807) is 6.21 Å². The van der Waals surface area contributed by atoms with Crippen LogP contribution in [0.15, 0.2) is 53.6 Å². The van der Waals surface area contributed by atoms with Crippen molar-refractivity contribution in [3.05, 3.63) is 64.7 Å². The first-order chi connectivity index (χ1) is 13.7. The molecular formula is C23H29ClN2O2. The van der Waals surface area contributed by atoms with E-state index in [1.165, 1.54) is 25.7 Å². The standard InChI is InChI=1S/C23H29ClN2O2/c1-2-3-4-5-6-7-8-23(27)26-25-17-19-11-15-22(16-12-19)28-18-20-9-13-21(24)14-10-20/h9-17H,2-8,18H2,1H3,(H,26,27)/b25-17-. The lowest BCUT2D eigenvalue weighted by Gasteiger charge is -2.06. The van der Waals surface area contributed by atoms with Crippen LogP contribution in [0.1, 0.15) is 63.0 Å². The lowest BCUT2D eigenvalue weighted by atomic mass is 10.1. The van der Waals surface area contributed by atoms with Gasteiger partial charge in [0.2, 0.25) is 5.91 Å². The smallest absolute Gasteiger partial charge is 0.240 e. The van der Waals surface area contributed by atoms with Crippen molar-refractivity contribution in [3.63, 3.8) is 0 Å². The van der Waals surface area contributed by atoms with E-state index in [2.05, 4.69) is 17.5 Å². The van der Waals surface area contributed by atoms with Gasteiger partial charge < -0.3 is 4.74 Å². The van der Waals surface area contributed by atoms with Gasteiger partial charge in [0.1, 0.15) is 12.4 Å². The van der Waals surface area contributed by atoms with Crippen molar-refractivity contribution >= 4 is 23.7 Å². The molecular weight excluding hydrogens is 372 g/mol. The number of carbonyl (C=O) groups is 1. The molecule has 2 aromatic rings. The number of amides is 1. The monoisotopic (exact) mass is 400 g/mol. The largest absolute Gasteiger partial charge is 0.489 e. The Morgan fingerprint density at radius 1 is 1.00 bits per heavy atom. The number of nitrogens with one attached hydrogen (secondary N) is 1. The minimum atomic E-state index is -0.0327. The molecule has 0 saturated heterocycles. The number of unbranched alkanes of at least 4 members (excludes halogenated alkanes) is 5. The van der Waals surface area contributed by atoms with Crippen molar-refractivity contribution < 1.29 is 9.53 Å². The van der Waals surface area contributed by atoms with E-state index < -0.39 is 0 Å². The molecule has 0 aromatic heterocycles. The molecule has 0 bridgehead atoms. The molecule has 0 atom stereocenters. The second-order valence-electron chi connectivity index (χ2n) is 6.80. The molecule has 150 valence electrons. The quantitative estimate of drug-likeness (QED) is 0.265. The lowest BCUT2D eigenvalue weighted by Crippen LogP contribution is -2.16. The second-order valence-corrected chi connectivity index (χ2v) is 7.23. The highest BCUT2D eigenvalue weighted by atomic mass is 35.5. The highest BCUT2D eigenvalue weighted by Crippen LogP contribution is 2.15. The van der Waals surface area contributed by atoms with Crippen LogP contribution < -0.4 is 10.2 Å². The number of nitrogens with zero attached hydrogens (tertiary/aromatic N) is 1. The zero-order valence-electron chi connectivity index (χ0n) is 16.5. The van der Waals surface area contributed by atoms with Gasteiger partial charge in [-0.05, 0) is 53.9 Å². The molecule has 0 saturated carbocycles. The van der Waals surface area contributed by atoms with E-state index in [-0.39, 0.29) is 5.91 Å². The van der Waals surface area contributed by atoms with Crippen LogP contribution >= 0.6 is 11.6 Å². The fourth-order valence-electron chi connectivity index (χ4n) is 2.70. The molecule has 0 aliphatic carbocycles. The summed E-state index contributed by atoms with van der Waals surface area (Å²) in [7, 11) is 0. The van der Waals surface area contributed by atoms with Crippen LogP contribution in [0.4, 0.5) is 0 Å². The number of benzene rings is 2. The third-order valence-corrected chi connectivity index (χ3v) is 4.61. The predicted octanol–water partition coefficient (Wildman–Crippen LogP) is 6.12. The van der Waals surface area contributed by atoms with Gasteiger partial charge in [-0.3, -0.25) is 4.79 Å². The highest BCUT2D eigenvalue weighted by Gasteiger charge is 2.00. The lowest BCUT2D eigenvalue weighted by molar-refractivity contribution is -0.121. The topological polar surface area (TPSA) is 50.7 Å². The average molecular weight is 401 g/mol. The molecule has 2 rings (SSSR count). The molecule has 0 fully saturated rings. The molecule has 28 heavy (non-hydrogen) atoms. The van der Waals surface area contributed by atoms with Gasteiger partial charge in [0.15, 0.2) is 0 Å². The Kier molecular flexibility index (Phi) is 10.2. The van der Waals surface area contributed by atoms with Crippen molar-refractivity contribution in [2.45, 2.75) is 58.5 Å². The Balaban J connectivity index is 1.65. The first-order valence-corrected chi connectivity index (χ1v) is 10.3. The summed E-state index contributed by atoms with van der Waals surface area (Å²) in [5.74, 6) is 0.744. The minimum absolute atomic E-state index is 0.0327. The Labute approximate surface area is 172 Å². The number of hydrazone groups is 1. The van der Waals surface area contributed by atoms with Crippen LogP contribution in [-0.4, -0.2) is 12.1 Å². The fourth-order valence-corrected chi connectivity index (χ4v) is 2.82.